The Morgan fingerprint density at radius 3 is 2.52 bits per heavy atom. The zero-order valence-electron chi connectivity index (χ0n) is 14.8. The predicted octanol–water partition coefficient (Wildman–Crippen LogP) is 4.73. The topological polar surface area (TPSA) is 80.9 Å². The Kier molecular flexibility index (Phi) is 4.52. The highest BCUT2D eigenvalue weighted by atomic mass is 32.1. The lowest BCUT2D eigenvalue weighted by Crippen LogP contribution is -2.11. The molecule has 4 rings (SSSR count). The maximum Gasteiger partial charge on any atom is 0.269 e. The van der Waals surface area contributed by atoms with Gasteiger partial charge in [0, 0.05) is 11.3 Å². The molecule has 134 valence electrons. The molecule has 0 atom stereocenters. The third-order valence-electron chi connectivity index (χ3n) is 4.27. The van der Waals surface area contributed by atoms with Gasteiger partial charge in [0.05, 0.1) is 11.9 Å². The fourth-order valence-corrected chi connectivity index (χ4v) is 3.36. The maximum atomic E-state index is 12.3. The summed E-state index contributed by atoms with van der Waals surface area (Å²) in [6.07, 6.45) is 3.12. The summed E-state index contributed by atoms with van der Waals surface area (Å²) in [6.45, 7) is 3.83. The van der Waals surface area contributed by atoms with Crippen molar-refractivity contribution in [3.05, 3.63) is 71.2 Å². The molecule has 2 aromatic carbocycles. The largest absolute Gasteiger partial charge is 0.444 e. The molecule has 0 aliphatic rings. The second-order valence-electron chi connectivity index (χ2n) is 6.11. The molecular formula is C20H16N4O2S. The average Bonchev–Trinajstić information content (AvgIpc) is 3.35. The summed E-state index contributed by atoms with van der Waals surface area (Å²) >= 11 is 1.09. The number of anilines is 1. The summed E-state index contributed by atoms with van der Waals surface area (Å²) in [6, 6.07) is 13.9. The van der Waals surface area contributed by atoms with E-state index in [1.54, 1.807) is 13.1 Å². The van der Waals surface area contributed by atoms with Crippen molar-refractivity contribution in [3.63, 3.8) is 0 Å². The van der Waals surface area contributed by atoms with Crippen LogP contribution in [0.25, 0.3) is 22.5 Å². The number of nitrogens with one attached hydrogen (secondary N) is 1. The number of benzene rings is 2. The van der Waals surface area contributed by atoms with Gasteiger partial charge in [-0.2, -0.15) is 0 Å². The Labute approximate surface area is 160 Å². The fourth-order valence-electron chi connectivity index (χ4n) is 2.81. The number of aryl methyl sites for hydroxylation is 2. The molecule has 6 nitrogen and oxygen atoms in total. The van der Waals surface area contributed by atoms with Gasteiger partial charge in [-0.1, -0.05) is 28.8 Å². The number of hydrogen-bond donors (Lipinski definition) is 1. The molecule has 4 aromatic rings. The van der Waals surface area contributed by atoms with Gasteiger partial charge in [-0.25, -0.2) is 4.98 Å². The van der Waals surface area contributed by atoms with E-state index < -0.39 is 0 Å². The molecule has 7 heteroatoms. The molecular weight excluding hydrogens is 360 g/mol. The van der Waals surface area contributed by atoms with E-state index >= 15 is 0 Å². The Hall–Kier alpha value is -3.32. The number of amides is 1. The van der Waals surface area contributed by atoms with Crippen LogP contribution in [-0.4, -0.2) is 20.5 Å². The third-order valence-corrected chi connectivity index (χ3v) is 5.09. The molecule has 0 saturated carbocycles. The summed E-state index contributed by atoms with van der Waals surface area (Å²) in [4.78, 5) is 16.8. The number of nitrogens with zero attached hydrogens (tertiary/aromatic N) is 3. The summed E-state index contributed by atoms with van der Waals surface area (Å²) in [5, 5.41) is 6.75. The molecule has 0 spiro atoms. The minimum atomic E-state index is -0.196. The monoisotopic (exact) mass is 376 g/mol. The van der Waals surface area contributed by atoms with Crippen molar-refractivity contribution in [2.75, 3.05) is 5.32 Å². The van der Waals surface area contributed by atoms with Gasteiger partial charge in [-0.3, -0.25) is 4.79 Å². The van der Waals surface area contributed by atoms with Gasteiger partial charge < -0.3 is 9.73 Å². The molecule has 0 radical (unpaired) electrons. The molecule has 2 heterocycles. The average molecular weight is 376 g/mol. The molecule has 2 aromatic heterocycles. The molecule has 27 heavy (non-hydrogen) atoms. The highest BCUT2D eigenvalue weighted by molar-refractivity contribution is 7.08. The summed E-state index contributed by atoms with van der Waals surface area (Å²) in [5.41, 5.74) is 5.64. The quantitative estimate of drug-likeness (QED) is 0.557. The minimum Gasteiger partial charge on any atom is -0.444 e. The molecule has 0 bridgehead atoms. The maximum absolute atomic E-state index is 12.3. The van der Waals surface area contributed by atoms with Crippen molar-refractivity contribution in [2.24, 2.45) is 0 Å². The second-order valence-corrected chi connectivity index (χ2v) is 6.87. The van der Waals surface area contributed by atoms with Crippen LogP contribution in [-0.2, 0) is 0 Å². The van der Waals surface area contributed by atoms with Crippen molar-refractivity contribution in [1.82, 2.24) is 14.6 Å². The van der Waals surface area contributed by atoms with Crippen LogP contribution < -0.4 is 5.32 Å². The normalized spacial score (nSPS) is 10.7. The van der Waals surface area contributed by atoms with E-state index in [0.29, 0.717) is 10.6 Å². The van der Waals surface area contributed by atoms with E-state index in [1.165, 1.54) is 6.39 Å². The Morgan fingerprint density at radius 1 is 1.07 bits per heavy atom. The van der Waals surface area contributed by atoms with Gasteiger partial charge in [0.1, 0.15) is 4.88 Å². The Balaban J connectivity index is 1.58. The van der Waals surface area contributed by atoms with E-state index in [9.17, 15) is 4.79 Å². The fraction of sp³-hybridized carbons (Fsp3) is 0.100. The predicted molar refractivity (Wildman–Crippen MR) is 105 cm³/mol. The highest BCUT2D eigenvalue weighted by Crippen LogP contribution is 2.30. The molecule has 0 aliphatic heterocycles. The highest BCUT2D eigenvalue weighted by Gasteiger charge is 2.13. The van der Waals surface area contributed by atoms with Crippen LogP contribution in [0.3, 0.4) is 0 Å². The molecule has 0 unspecified atom stereocenters. The van der Waals surface area contributed by atoms with Crippen LogP contribution in [0.5, 0.6) is 0 Å². The van der Waals surface area contributed by atoms with E-state index in [0.717, 1.165) is 45.2 Å². The zero-order chi connectivity index (χ0) is 18.8. The van der Waals surface area contributed by atoms with Crippen LogP contribution in [0.4, 0.5) is 5.69 Å². The van der Waals surface area contributed by atoms with E-state index in [2.05, 4.69) is 38.9 Å². The van der Waals surface area contributed by atoms with Gasteiger partial charge >= 0.3 is 0 Å². The Morgan fingerprint density at radius 2 is 1.85 bits per heavy atom. The number of oxazole rings is 1. The van der Waals surface area contributed by atoms with Crippen molar-refractivity contribution < 1.29 is 9.21 Å². The van der Waals surface area contributed by atoms with Crippen molar-refractivity contribution in [3.8, 4) is 22.5 Å². The lowest BCUT2D eigenvalue weighted by molar-refractivity contribution is 0.103. The zero-order valence-corrected chi connectivity index (χ0v) is 15.6. The SMILES string of the molecule is Cc1ccc(-c2cnco2)cc1-c1ccc(NC(=O)c2snnc2C)cc1. The number of carbonyl (C=O) groups excluding carboxylic acids is 1. The van der Waals surface area contributed by atoms with E-state index in [1.807, 2.05) is 30.3 Å². The second kappa shape index (κ2) is 7.13. The van der Waals surface area contributed by atoms with Crippen LogP contribution in [0.2, 0.25) is 0 Å². The molecule has 0 saturated heterocycles. The first-order valence-electron chi connectivity index (χ1n) is 8.32. The first-order chi connectivity index (χ1) is 13.1. The molecule has 1 amide bonds. The van der Waals surface area contributed by atoms with Crippen LogP contribution in [0.1, 0.15) is 20.9 Å². The summed E-state index contributed by atoms with van der Waals surface area (Å²) in [5.74, 6) is 0.535. The van der Waals surface area contributed by atoms with Gasteiger partial charge in [0.15, 0.2) is 12.2 Å². The standard InChI is InChI=1S/C20H16N4O2S/c1-12-3-4-15(18-10-21-11-26-18)9-17(12)14-5-7-16(8-6-14)22-20(25)19-13(2)23-24-27-19/h3-11H,1-2H3,(H,22,25). The third kappa shape index (κ3) is 3.50. The van der Waals surface area contributed by atoms with Gasteiger partial charge in [0.25, 0.3) is 5.91 Å². The molecule has 0 aliphatic carbocycles. The van der Waals surface area contributed by atoms with Gasteiger partial charge in [-0.15, -0.1) is 5.10 Å². The minimum absolute atomic E-state index is 0.196. The lowest BCUT2D eigenvalue weighted by Gasteiger charge is -2.10. The van der Waals surface area contributed by atoms with Crippen molar-refractivity contribution in [1.29, 1.82) is 0 Å². The number of rotatable bonds is 4. The van der Waals surface area contributed by atoms with Crippen LogP contribution in [0, 0.1) is 13.8 Å². The van der Waals surface area contributed by atoms with E-state index in [-0.39, 0.29) is 5.91 Å². The first kappa shape index (κ1) is 17.1. The number of aromatic nitrogens is 3. The van der Waals surface area contributed by atoms with Crippen molar-refractivity contribution in [2.45, 2.75) is 13.8 Å². The summed E-state index contributed by atoms with van der Waals surface area (Å²) < 4.78 is 9.19. The Bertz CT molecular complexity index is 1090. The van der Waals surface area contributed by atoms with Crippen LogP contribution in [0.15, 0.2) is 59.5 Å². The molecule has 0 fully saturated rings. The number of carbonyl (C=O) groups is 1. The number of hydrogen-bond acceptors (Lipinski definition) is 6. The smallest absolute Gasteiger partial charge is 0.269 e. The van der Waals surface area contributed by atoms with Crippen LogP contribution >= 0.6 is 11.5 Å². The first-order valence-corrected chi connectivity index (χ1v) is 9.09. The molecule has 1 N–H and O–H groups in total. The lowest BCUT2D eigenvalue weighted by atomic mass is 9.97. The van der Waals surface area contributed by atoms with Crippen molar-refractivity contribution >= 4 is 23.1 Å². The van der Waals surface area contributed by atoms with E-state index in [4.69, 9.17) is 4.42 Å². The van der Waals surface area contributed by atoms with Gasteiger partial charge in [-0.05, 0) is 60.3 Å². The van der Waals surface area contributed by atoms with Gasteiger partial charge in [0.2, 0.25) is 0 Å². The summed E-state index contributed by atoms with van der Waals surface area (Å²) in [7, 11) is 0.